The lowest BCUT2D eigenvalue weighted by Crippen LogP contribution is -2.03. The number of benzene rings is 1. The molecule has 92 valence electrons. The summed E-state index contributed by atoms with van der Waals surface area (Å²) in [6.07, 6.45) is -0.000733. The Morgan fingerprint density at radius 1 is 1.29 bits per heavy atom. The molecule has 3 N–H and O–H groups in total. The second kappa shape index (κ2) is 5.20. The lowest BCUT2D eigenvalue weighted by Gasteiger charge is -2.10. The smallest absolute Gasteiger partial charge is 0.339 e. The van der Waals surface area contributed by atoms with Gasteiger partial charge in [0.1, 0.15) is 17.1 Å². The van der Waals surface area contributed by atoms with Crippen molar-refractivity contribution in [2.24, 2.45) is 0 Å². The van der Waals surface area contributed by atoms with Crippen LogP contribution in [0.3, 0.4) is 0 Å². The van der Waals surface area contributed by atoms with Gasteiger partial charge < -0.3 is 20.1 Å². The molecule has 0 aliphatic carbocycles. The van der Waals surface area contributed by atoms with E-state index >= 15 is 0 Å². The summed E-state index contributed by atoms with van der Waals surface area (Å²) in [5.41, 5.74) is 0.163. The number of aromatic carboxylic acids is 1. The number of hydrogen-bond acceptors (Lipinski definition) is 4. The Kier molecular flexibility index (Phi) is 3.92. The zero-order chi connectivity index (χ0) is 13.0. The molecule has 0 atom stereocenters. The minimum atomic E-state index is -1.28. The van der Waals surface area contributed by atoms with Gasteiger partial charge in [-0.1, -0.05) is 0 Å². The fraction of sp³-hybridized carbons (Fsp3) is 0.273. The lowest BCUT2D eigenvalue weighted by molar-refractivity contribution is -0.136. The third-order valence-corrected chi connectivity index (χ3v) is 2.24. The van der Waals surface area contributed by atoms with E-state index in [4.69, 9.17) is 14.9 Å². The fourth-order valence-electron chi connectivity index (χ4n) is 1.41. The number of aliphatic carboxylic acids is 1. The van der Waals surface area contributed by atoms with Crippen LogP contribution in [0.25, 0.3) is 0 Å². The highest BCUT2D eigenvalue weighted by Crippen LogP contribution is 2.29. The van der Waals surface area contributed by atoms with Crippen molar-refractivity contribution in [1.82, 2.24) is 0 Å². The highest BCUT2D eigenvalue weighted by atomic mass is 16.5. The van der Waals surface area contributed by atoms with Crippen molar-refractivity contribution in [1.29, 1.82) is 0 Å². The minimum absolute atomic E-state index is 0.138. The van der Waals surface area contributed by atoms with Gasteiger partial charge in [0.2, 0.25) is 0 Å². The second-order valence-corrected chi connectivity index (χ2v) is 3.38. The Morgan fingerprint density at radius 2 is 1.94 bits per heavy atom. The molecule has 6 heteroatoms. The molecule has 0 unspecified atom stereocenters. The van der Waals surface area contributed by atoms with E-state index in [0.717, 1.165) is 0 Å². The molecular formula is C11H12O6. The quantitative estimate of drug-likeness (QED) is 0.712. The van der Waals surface area contributed by atoms with Crippen LogP contribution < -0.4 is 4.74 Å². The zero-order valence-electron chi connectivity index (χ0n) is 9.14. The van der Waals surface area contributed by atoms with Gasteiger partial charge in [0, 0.05) is 12.5 Å². The van der Waals surface area contributed by atoms with Crippen molar-refractivity contribution in [2.45, 2.75) is 12.8 Å². The summed E-state index contributed by atoms with van der Waals surface area (Å²) in [5, 5.41) is 26.8. The standard InChI is InChI=1S/C11H12O6/c1-17-9-5-8(12)7(11(15)16)4-6(9)2-3-10(13)14/h4-5,12H,2-3H2,1H3,(H,13,14)(H,15,16). The summed E-state index contributed by atoms with van der Waals surface area (Å²) in [6.45, 7) is 0. The number of carbonyl (C=O) groups is 2. The normalized spacial score (nSPS) is 9.94. The van der Waals surface area contributed by atoms with Gasteiger partial charge in [-0.2, -0.15) is 0 Å². The summed E-state index contributed by atoms with van der Waals surface area (Å²) in [6, 6.07) is 2.39. The molecule has 0 aliphatic rings. The number of aromatic hydroxyl groups is 1. The number of phenols is 1. The van der Waals surface area contributed by atoms with E-state index in [1.807, 2.05) is 0 Å². The van der Waals surface area contributed by atoms with Crippen molar-refractivity contribution in [3.05, 3.63) is 23.3 Å². The average molecular weight is 240 g/mol. The molecule has 0 fully saturated rings. The number of carboxylic acid groups (broad SMARTS) is 2. The third kappa shape index (κ3) is 3.10. The molecular weight excluding hydrogens is 228 g/mol. The van der Waals surface area contributed by atoms with Crippen LogP contribution >= 0.6 is 0 Å². The molecule has 0 radical (unpaired) electrons. The monoisotopic (exact) mass is 240 g/mol. The topological polar surface area (TPSA) is 104 Å². The van der Waals surface area contributed by atoms with Gasteiger partial charge in [-0.3, -0.25) is 4.79 Å². The van der Waals surface area contributed by atoms with Crippen LogP contribution in [0.1, 0.15) is 22.3 Å². The summed E-state index contributed by atoms with van der Waals surface area (Å²) in [7, 11) is 1.36. The maximum Gasteiger partial charge on any atom is 0.339 e. The van der Waals surface area contributed by atoms with Crippen LogP contribution in [0.5, 0.6) is 11.5 Å². The predicted molar refractivity (Wildman–Crippen MR) is 57.6 cm³/mol. The van der Waals surface area contributed by atoms with Crippen molar-refractivity contribution < 1.29 is 29.6 Å². The van der Waals surface area contributed by atoms with E-state index in [1.54, 1.807) is 0 Å². The van der Waals surface area contributed by atoms with Gasteiger partial charge in [0.05, 0.1) is 7.11 Å². The average Bonchev–Trinajstić information content (AvgIpc) is 2.26. The molecule has 1 rings (SSSR count). The Hall–Kier alpha value is -2.24. The van der Waals surface area contributed by atoms with E-state index in [-0.39, 0.29) is 24.2 Å². The van der Waals surface area contributed by atoms with E-state index < -0.39 is 17.7 Å². The lowest BCUT2D eigenvalue weighted by atomic mass is 10.0. The Bertz CT molecular complexity index is 452. The van der Waals surface area contributed by atoms with Crippen LogP contribution in [0.15, 0.2) is 12.1 Å². The maximum atomic E-state index is 10.8. The highest BCUT2D eigenvalue weighted by Gasteiger charge is 2.15. The SMILES string of the molecule is COc1cc(O)c(C(=O)O)cc1CCC(=O)O. The van der Waals surface area contributed by atoms with Crippen LogP contribution in [-0.4, -0.2) is 34.4 Å². The molecule has 17 heavy (non-hydrogen) atoms. The zero-order valence-corrected chi connectivity index (χ0v) is 9.14. The number of rotatable bonds is 5. The number of carboxylic acids is 2. The molecule has 0 heterocycles. The minimum Gasteiger partial charge on any atom is -0.507 e. The van der Waals surface area contributed by atoms with Gasteiger partial charge in [0.25, 0.3) is 0 Å². The molecule has 1 aromatic carbocycles. The van der Waals surface area contributed by atoms with Crippen molar-refractivity contribution in [3.8, 4) is 11.5 Å². The van der Waals surface area contributed by atoms with Crippen LogP contribution in [0.2, 0.25) is 0 Å². The first-order chi connectivity index (χ1) is 7.95. The summed E-state index contributed by atoms with van der Waals surface area (Å²) in [4.78, 5) is 21.2. The fourth-order valence-corrected chi connectivity index (χ4v) is 1.41. The number of hydrogen-bond donors (Lipinski definition) is 3. The largest absolute Gasteiger partial charge is 0.507 e. The molecule has 1 aromatic rings. The Balaban J connectivity index is 3.12. The number of aryl methyl sites for hydroxylation is 1. The van der Waals surface area contributed by atoms with Crippen molar-refractivity contribution in [2.75, 3.05) is 7.11 Å². The first kappa shape index (κ1) is 12.8. The highest BCUT2D eigenvalue weighted by molar-refractivity contribution is 5.91. The second-order valence-electron chi connectivity index (χ2n) is 3.38. The van der Waals surface area contributed by atoms with Crippen LogP contribution in [-0.2, 0) is 11.2 Å². The molecule has 0 saturated heterocycles. The molecule has 0 amide bonds. The maximum absolute atomic E-state index is 10.8. The Morgan fingerprint density at radius 3 is 2.41 bits per heavy atom. The number of methoxy groups -OCH3 is 1. The first-order valence-electron chi connectivity index (χ1n) is 4.80. The molecule has 0 aliphatic heterocycles. The first-order valence-corrected chi connectivity index (χ1v) is 4.80. The van der Waals surface area contributed by atoms with E-state index in [0.29, 0.717) is 5.56 Å². The van der Waals surface area contributed by atoms with Crippen molar-refractivity contribution >= 4 is 11.9 Å². The van der Waals surface area contributed by atoms with Crippen LogP contribution in [0.4, 0.5) is 0 Å². The van der Waals surface area contributed by atoms with Gasteiger partial charge in [-0.05, 0) is 18.1 Å². The van der Waals surface area contributed by atoms with E-state index in [9.17, 15) is 14.7 Å². The molecule has 0 bridgehead atoms. The summed E-state index contributed by atoms with van der Waals surface area (Å²) in [5.74, 6) is -2.40. The van der Waals surface area contributed by atoms with E-state index in [1.165, 1.54) is 19.2 Å². The molecule has 0 spiro atoms. The number of ether oxygens (including phenoxy) is 1. The molecule has 6 nitrogen and oxygen atoms in total. The van der Waals surface area contributed by atoms with Crippen LogP contribution in [0, 0.1) is 0 Å². The van der Waals surface area contributed by atoms with Gasteiger partial charge in [0.15, 0.2) is 0 Å². The molecule has 0 saturated carbocycles. The van der Waals surface area contributed by atoms with Crippen molar-refractivity contribution in [3.63, 3.8) is 0 Å². The molecule has 0 aromatic heterocycles. The Labute approximate surface area is 97.1 Å². The predicted octanol–water partition coefficient (Wildman–Crippen LogP) is 1.12. The third-order valence-electron chi connectivity index (χ3n) is 2.24. The van der Waals surface area contributed by atoms with E-state index in [2.05, 4.69) is 0 Å². The summed E-state index contributed by atoms with van der Waals surface area (Å²) < 4.78 is 4.95. The van der Waals surface area contributed by atoms with Gasteiger partial charge >= 0.3 is 11.9 Å². The van der Waals surface area contributed by atoms with Gasteiger partial charge in [-0.25, -0.2) is 4.79 Å². The summed E-state index contributed by atoms with van der Waals surface area (Å²) >= 11 is 0. The van der Waals surface area contributed by atoms with Gasteiger partial charge in [-0.15, -0.1) is 0 Å².